The van der Waals surface area contributed by atoms with Crippen LogP contribution < -0.4 is 0 Å². The molecule has 23 heavy (non-hydrogen) atoms. The molecule has 3 aromatic carbocycles. The molecule has 3 heteroatoms. The lowest BCUT2D eigenvalue weighted by Gasteiger charge is -2.45. The Hall–Kier alpha value is -1.94. The van der Waals surface area contributed by atoms with Crippen LogP contribution >= 0.6 is 0 Å². The number of benzene rings is 3. The zero-order valence-corrected chi connectivity index (χ0v) is 12.5. The second-order valence-corrected chi connectivity index (χ2v) is 6.84. The lowest BCUT2D eigenvalue weighted by atomic mass is 9.64. The van der Waals surface area contributed by atoms with Gasteiger partial charge in [-0.1, -0.05) is 48.5 Å². The number of hydrogen-bond donors (Lipinski definition) is 1. The molecule has 5 atom stereocenters. The van der Waals surface area contributed by atoms with E-state index in [1.807, 2.05) is 0 Å². The van der Waals surface area contributed by atoms with E-state index in [9.17, 15) is 5.11 Å². The van der Waals surface area contributed by atoms with Crippen LogP contribution in [-0.4, -0.2) is 30.2 Å². The Morgan fingerprint density at radius 2 is 1.30 bits per heavy atom. The zero-order chi connectivity index (χ0) is 15.1. The Morgan fingerprint density at radius 3 is 1.87 bits per heavy atom. The fourth-order valence-electron chi connectivity index (χ4n) is 5.05. The molecule has 114 valence electrons. The van der Waals surface area contributed by atoms with E-state index in [0.717, 1.165) is 0 Å². The minimum atomic E-state index is -0.606. The summed E-state index contributed by atoms with van der Waals surface area (Å²) >= 11 is 0. The molecule has 2 aliphatic carbocycles. The Kier molecular flexibility index (Phi) is 2.24. The summed E-state index contributed by atoms with van der Waals surface area (Å²) in [5, 5.41) is 16.0. The van der Waals surface area contributed by atoms with E-state index in [1.54, 1.807) is 0 Å². The fraction of sp³-hybridized carbons (Fsp3) is 0.300. The number of aliphatic hydroxyl groups excluding tert-OH is 1. The number of fused-ring (bicyclic) bond motifs is 2. The summed E-state index contributed by atoms with van der Waals surface area (Å²) in [6.45, 7) is 0.573. The van der Waals surface area contributed by atoms with Crippen molar-refractivity contribution in [1.29, 1.82) is 0 Å². The second-order valence-electron chi connectivity index (χ2n) is 6.84. The first-order valence-corrected chi connectivity index (χ1v) is 8.23. The molecule has 0 spiro atoms. The maximum atomic E-state index is 10.9. The Labute approximate surface area is 133 Å². The van der Waals surface area contributed by atoms with Crippen LogP contribution in [0.5, 0.6) is 0 Å². The van der Waals surface area contributed by atoms with E-state index in [-0.39, 0.29) is 17.9 Å². The van der Waals surface area contributed by atoms with E-state index in [1.165, 1.54) is 32.7 Å². The summed E-state index contributed by atoms with van der Waals surface area (Å²) < 4.78 is 11.7. The van der Waals surface area contributed by atoms with Gasteiger partial charge in [0, 0.05) is 11.8 Å². The molecular weight excluding hydrogens is 288 g/mol. The van der Waals surface area contributed by atoms with E-state index >= 15 is 0 Å². The van der Waals surface area contributed by atoms with Crippen molar-refractivity contribution in [3.05, 3.63) is 59.7 Å². The number of aliphatic hydroxyl groups is 1. The van der Waals surface area contributed by atoms with Gasteiger partial charge < -0.3 is 14.6 Å². The molecule has 0 saturated carbocycles. The highest BCUT2D eigenvalue weighted by Gasteiger charge is 2.54. The monoisotopic (exact) mass is 304 g/mol. The van der Waals surface area contributed by atoms with E-state index in [0.29, 0.717) is 6.61 Å². The smallest absolute Gasteiger partial charge is 0.184 e. The summed E-state index contributed by atoms with van der Waals surface area (Å²) in [6.07, 6.45) is -1.04. The molecule has 4 bridgehead atoms. The standard InChI is InChI=1S/C20H16O3/c21-19-18-16-12-7-3-1-5-10(12)15(11-6-2-4-8-13(11)16)17(18)14-9-22-20(19)23-14/h1-8,14,17-21H,9H2/t14?,17?,18?,19-,20?/m1/s1. The minimum Gasteiger partial charge on any atom is -0.387 e. The van der Waals surface area contributed by atoms with Gasteiger partial charge >= 0.3 is 0 Å². The Morgan fingerprint density at radius 1 is 0.783 bits per heavy atom. The first kappa shape index (κ1) is 12.5. The molecule has 0 amide bonds. The van der Waals surface area contributed by atoms with Crippen LogP contribution in [0.15, 0.2) is 48.5 Å². The predicted octanol–water partition coefficient (Wildman–Crippen LogP) is 3.29. The van der Waals surface area contributed by atoms with Gasteiger partial charge in [-0.2, -0.15) is 0 Å². The van der Waals surface area contributed by atoms with Gasteiger partial charge in [0.1, 0.15) is 6.10 Å². The molecule has 2 heterocycles. The summed E-state index contributed by atoms with van der Waals surface area (Å²) in [4.78, 5) is 0. The number of rotatable bonds is 0. The van der Waals surface area contributed by atoms with Crippen LogP contribution in [0.2, 0.25) is 0 Å². The van der Waals surface area contributed by atoms with Crippen molar-refractivity contribution >= 4 is 21.5 Å². The maximum absolute atomic E-state index is 10.9. The average Bonchev–Trinajstić information content (AvgIpc) is 3.05. The quantitative estimate of drug-likeness (QED) is 0.648. The highest BCUT2D eigenvalue weighted by atomic mass is 16.7. The van der Waals surface area contributed by atoms with Crippen molar-refractivity contribution in [2.75, 3.05) is 6.61 Å². The third-order valence-corrected chi connectivity index (χ3v) is 5.85. The lowest BCUT2D eigenvalue weighted by Crippen LogP contribution is -2.45. The highest BCUT2D eigenvalue weighted by Crippen LogP contribution is 2.58. The van der Waals surface area contributed by atoms with Gasteiger partial charge in [0.15, 0.2) is 6.29 Å². The Bertz CT molecular complexity index is 845. The maximum Gasteiger partial charge on any atom is 0.184 e. The average molecular weight is 304 g/mol. The van der Waals surface area contributed by atoms with Gasteiger partial charge in [0.05, 0.1) is 12.7 Å². The summed E-state index contributed by atoms with van der Waals surface area (Å²) in [5.74, 6) is 0.254. The largest absolute Gasteiger partial charge is 0.387 e. The van der Waals surface area contributed by atoms with Crippen molar-refractivity contribution in [2.24, 2.45) is 0 Å². The molecule has 1 N–H and O–H groups in total. The molecule has 3 nitrogen and oxygen atoms in total. The molecule has 4 unspecified atom stereocenters. The third-order valence-electron chi connectivity index (χ3n) is 5.85. The first-order chi connectivity index (χ1) is 11.3. The van der Waals surface area contributed by atoms with E-state index in [4.69, 9.17) is 9.47 Å². The van der Waals surface area contributed by atoms with Crippen LogP contribution in [0, 0.1) is 0 Å². The minimum absolute atomic E-state index is 0.0418. The molecule has 3 aromatic rings. The van der Waals surface area contributed by atoms with Gasteiger partial charge in [-0.05, 0) is 32.7 Å². The van der Waals surface area contributed by atoms with Crippen LogP contribution in [-0.2, 0) is 9.47 Å². The van der Waals surface area contributed by atoms with Gasteiger partial charge in [-0.15, -0.1) is 0 Å². The number of hydrogen-bond acceptors (Lipinski definition) is 3. The van der Waals surface area contributed by atoms with Crippen molar-refractivity contribution in [3.8, 4) is 0 Å². The summed E-state index contributed by atoms with van der Waals surface area (Å²) in [6, 6.07) is 17.1. The van der Waals surface area contributed by atoms with Crippen molar-refractivity contribution in [3.63, 3.8) is 0 Å². The van der Waals surface area contributed by atoms with Crippen molar-refractivity contribution in [2.45, 2.75) is 30.3 Å². The van der Waals surface area contributed by atoms with Crippen LogP contribution in [0.1, 0.15) is 23.0 Å². The SMILES string of the molecule is O[C@H]1C2OCC(O2)C2c3c4ccccc4c(c4ccccc34)C21. The lowest BCUT2D eigenvalue weighted by molar-refractivity contribution is -0.167. The topological polar surface area (TPSA) is 38.7 Å². The predicted molar refractivity (Wildman–Crippen MR) is 87.6 cm³/mol. The first-order valence-electron chi connectivity index (χ1n) is 8.23. The molecule has 0 radical (unpaired) electrons. The normalized spacial score (nSPS) is 34.2. The van der Waals surface area contributed by atoms with Crippen molar-refractivity contribution < 1.29 is 14.6 Å². The third kappa shape index (κ3) is 1.37. The molecule has 4 aliphatic rings. The molecule has 0 aromatic heterocycles. The zero-order valence-electron chi connectivity index (χ0n) is 12.5. The molecule has 2 aliphatic heterocycles. The molecule has 7 rings (SSSR count). The fourth-order valence-corrected chi connectivity index (χ4v) is 5.05. The van der Waals surface area contributed by atoms with Crippen LogP contribution in [0.3, 0.4) is 0 Å². The number of ether oxygens (including phenoxy) is 2. The van der Waals surface area contributed by atoms with Gasteiger partial charge in [-0.3, -0.25) is 0 Å². The van der Waals surface area contributed by atoms with E-state index < -0.39 is 12.4 Å². The van der Waals surface area contributed by atoms with Gasteiger partial charge in [0.25, 0.3) is 0 Å². The van der Waals surface area contributed by atoms with Gasteiger partial charge in [0.2, 0.25) is 0 Å². The van der Waals surface area contributed by atoms with Crippen molar-refractivity contribution in [1.82, 2.24) is 0 Å². The molecular formula is C20H16O3. The van der Waals surface area contributed by atoms with Gasteiger partial charge in [-0.25, -0.2) is 0 Å². The molecule has 2 fully saturated rings. The Balaban J connectivity index is 1.83. The van der Waals surface area contributed by atoms with Crippen LogP contribution in [0.4, 0.5) is 0 Å². The highest BCUT2D eigenvalue weighted by molar-refractivity contribution is 6.09. The van der Waals surface area contributed by atoms with E-state index in [2.05, 4.69) is 48.5 Å². The van der Waals surface area contributed by atoms with Crippen LogP contribution in [0.25, 0.3) is 21.5 Å². The second kappa shape index (κ2) is 4.12. The molecule has 2 saturated heterocycles. The summed E-state index contributed by atoms with van der Waals surface area (Å²) in [5.41, 5.74) is 2.59. The summed E-state index contributed by atoms with van der Waals surface area (Å²) in [7, 11) is 0.